The molecule has 0 atom stereocenters. The Kier molecular flexibility index (Phi) is 4.17. The second kappa shape index (κ2) is 5.85. The summed E-state index contributed by atoms with van der Waals surface area (Å²) in [4.78, 5) is 0. The fraction of sp³-hybridized carbons (Fsp3) is 0.250. The number of aryl methyl sites for hydroxylation is 2. The van der Waals surface area contributed by atoms with Crippen LogP contribution in [0.15, 0.2) is 36.4 Å². The minimum Gasteiger partial charge on any atom is -0.454 e. The number of nitrogens with one attached hydrogen (secondary N) is 1. The molecule has 0 fully saturated rings. The highest BCUT2D eigenvalue weighted by Crippen LogP contribution is 2.27. The van der Waals surface area contributed by atoms with Crippen LogP contribution in [0.4, 0.5) is 4.39 Å². The van der Waals surface area contributed by atoms with E-state index in [0.717, 1.165) is 17.7 Å². The quantitative estimate of drug-likeness (QED) is 0.897. The van der Waals surface area contributed by atoms with E-state index in [1.807, 2.05) is 39.1 Å². The van der Waals surface area contributed by atoms with Crippen LogP contribution in [0.5, 0.6) is 11.5 Å². The highest BCUT2D eigenvalue weighted by atomic mass is 19.1. The lowest BCUT2D eigenvalue weighted by Gasteiger charge is -2.10. The van der Waals surface area contributed by atoms with E-state index < -0.39 is 0 Å². The third kappa shape index (κ3) is 3.32. The highest BCUT2D eigenvalue weighted by Gasteiger charge is 2.06. The normalized spacial score (nSPS) is 10.5. The Balaban J connectivity index is 2.24. The van der Waals surface area contributed by atoms with Crippen LogP contribution in [-0.4, -0.2) is 7.05 Å². The van der Waals surface area contributed by atoms with Crippen LogP contribution >= 0.6 is 0 Å². The molecule has 2 rings (SSSR count). The van der Waals surface area contributed by atoms with Gasteiger partial charge in [-0.2, -0.15) is 0 Å². The van der Waals surface area contributed by atoms with Crippen molar-refractivity contribution < 1.29 is 9.13 Å². The standard InChI is InChI=1S/C16H18FNO/c1-11-4-7-15(17)16(8-11)19-14-6-5-13(10-18-3)12(2)9-14/h4-9,18H,10H2,1-3H3. The Labute approximate surface area is 113 Å². The van der Waals surface area contributed by atoms with Crippen molar-refractivity contribution in [2.24, 2.45) is 0 Å². The number of halogens is 1. The van der Waals surface area contributed by atoms with Crippen molar-refractivity contribution in [2.45, 2.75) is 20.4 Å². The number of hydrogen-bond acceptors (Lipinski definition) is 2. The maximum Gasteiger partial charge on any atom is 0.165 e. The molecule has 1 N–H and O–H groups in total. The van der Waals surface area contributed by atoms with Crippen LogP contribution in [0.1, 0.15) is 16.7 Å². The molecule has 100 valence electrons. The van der Waals surface area contributed by atoms with Gasteiger partial charge in [-0.05, 0) is 61.9 Å². The molecule has 0 heterocycles. The zero-order chi connectivity index (χ0) is 13.8. The summed E-state index contributed by atoms with van der Waals surface area (Å²) in [6.07, 6.45) is 0. The lowest BCUT2D eigenvalue weighted by Crippen LogP contribution is -2.06. The van der Waals surface area contributed by atoms with Gasteiger partial charge in [0.1, 0.15) is 5.75 Å². The van der Waals surface area contributed by atoms with Crippen LogP contribution in [-0.2, 0) is 6.54 Å². The molecular formula is C16H18FNO. The summed E-state index contributed by atoms with van der Waals surface area (Å²) in [5.74, 6) is 0.574. The van der Waals surface area contributed by atoms with Gasteiger partial charge in [0.25, 0.3) is 0 Å². The van der Waals surface area contributed by atoms with Crippen molar-refractivity contribution in [1.82, 2.24) is 5.32 Å². The summed E-state index contributed by atoms with van der Waals surface area (Å²) in [5, 5.41) is 3.11. The van der Waals surface area contributed by atoms with Gasteiger partial charge in [0.15, 0.2) is 11.6 Å². The Morgan fingerprint density at radius 2 is 1.89 bits per heavy atom. The fourth-order valence-corrected chi connectivity index (χ4v) is 1.94. The van der Waals surface area contributed by atoms with Crippen LogP contribution in [0.2, 0.25) is 0 Å². The maximum absolute atomic E-state index is 13.6. The smallest absolute Gasteiger partial charge is 0.165 e. The Hall–Kier alpha value is -1.87. The first-order valence-corrected chi connectivity index (χ1v) is 6.28. The Morgan fingerprint density at radius 3 is 2.58 bits per heavy atom. The van der Waals surface area contributed by atoms with Gasteiger partial charge in [-0.15, -0.1) is 0 Å². The Morgan fingerprint density at radius 1 is 1.11 bits per heavy atom. The highest BCUT2D eigenvalue weighted by molar-refractivity contribution is 5.39. The van der Waals surface area contributed by atoms with Gasteiger partial charge in [-0.3, -0.25) is 0 Å². The average molecular weight is 259 g/mol. The van der Waals surface area contributed by atoms with Crippen molar-refractivity contribution in [2.75, 3.05) is 7.05 Å². The average Bonchev–Trinajstić information content (AvgIpc) is 2.37. The number of hydrogen-bond donors (Lipinski definition) is 1. The van der Waals surface area contributed by atoms with Gasteiger partial charge in [0.05, 0.1) is 0 Å². The van der Waals surface area contributed by atoms with Gasteiger partial charge < -0.3 is 10.1 Å². The largest absolute Gasteiger partial charge is 0.454 e. The molecule has 0 bridgehead atoms. The number of benzene rings is 2. The van der Waals surface area contributed by atoms with Gasteiger partial charge in [0, 0.05) is 6.54 Å². The predicted octanol–water partition coefficient (Wildman–Crippen LogP) is 3.95. The first-order chi connectivity index (χ1) is 9.10. The van der Waals surface area contributed by atoms with E-state index in [0.29, 0.717) is 5.75 Å². The first-order valence-electron chi connectivity index (χ1n) is 6.28. The second-order valence-corrected chi connectivity index (χ2v) is 4.65. The molecule has 0 saturated carbocycles. The summed E-state index contributed by atoms with van der Waals surface area (Å²) in [5.41, 5.74) is 3.31. The van der Waals surface area contributed by atoms with Gasteiger partial charge in [0.2, 0.25) is 0 Å². The third-order valence-corrected chi connectivity index (χ3v) is 3.00. The zero-order valence-corrected chi connectivity index (χ0v) is 11.5. The molecule has 0 unspecified atom stereocenters. The van der Waals surface area contributed by atoms with Crippen molar-refractivity contribution >= 4 is 0 Å². The van der Waals surface area contributed by atoms with E-state index in [1.165, 1.54) is 11.6 Å². The van der Waals surface area contributed by atoms with Crippen molar-refractivity contribution in [3.8, 4) is 11.5 Å². The Bertz CT molecular complexity index is 581. The van der Waals surface area contributed by atoms with E-state index in [1.54, 1.807) is 12.1 Å². The molecule has 0 spiro atoms. The fourth-order valence-electron chi connectivity index (χ4n) is 1.94. The van der Waals surface area contributed by atoms with E-state index >= 15 is 0 Å². The van der Waals surface area contributed by atoms with E-state index in [4.69, 9.17) is 4.74 Å². The second-order valence-electron chi connectivity index (χ2n) is 4.65. The molecule has 0 aliphatic heterocycles. The first kappa shape index (κ1) is 13.6. The lowest BCUT2D eigenvalue weighted by molar-refractivity contribution is 0.441. The summed E-state index contributed by atoms with van der Waals surface area (Å²) < 4.78 is 19.2. The molecule has 0 amide bonds. The molecule has 2 nitrogen and oxygen atoms in total. The molecule has 2 aromatic carbocycles. The van der Waals surface area contributed by atoms with Crippen molar-refractivity contribution in [1.29, 1.82) is 0 Å². The van der Waals surface area contributed by atoms with E-state index in [9.17, 15) is 4.39 Å². The summed E-state index contributed by atoms with van der Waals surface area (Å²) in [6.45, 7) is 4.74. The van der Waals surface area contributed by atoms with Crippen LogP contribution < -0.4 is 10.1 Å². The van der Waals surface area contributed by atoms with Crippen molar-refractivity contribution in [3.63, 3.8) is 0 Å². The van der Waals surface area contributed by atoms with Crippen molar-refractivity contribution in [3.05, 3.63) is 58.9 Å². The van der Waals surface area contributed by atoms with E-state index in [-0.39, 0.29) is 11.6 Å². The van der Waals surface area contributed by atoms with Crippen LogP contribution in [0, 0.1) is 19.7 Å². The molecule has 0 radical (unpaired) electrons. The number of ether oxygens (including phenoxy) is 1. The monoisotopic (exact) mass is 259 g/mol. The minimum absolute atomic E-state index is 0.265. The molecule has 0 saturated heterocycles. The summed E-state index contributed by atoms with van der Waals surface area (Å²) in [7, 11) is 1.91. The van der Waals surface area contributed by atoms with Gasteiger partial charge >= 0.3 is 0 Å². The zero-order valence-electron chi connectivity index (χ0n) is 11.5. The minimum atomic E-state index is -0.345. The topological polar surface area (TPSA) is 21.3 Å². The van der Waals surface area contributed by atoms with Gasteiger partial charge in [-0.25, -0.2) is 4.39 Å². The maximum atomic E-state index is 13.6. The molecule has 0 aliphatic rings. The third-order valence-electron chi connectivity index (χ3n) is 3.00. The molecule has 19 heavy (non-hydrogen) atoms. The molecule has 2 aromatic rings. The molecular weight excluding hydrogens is 241 g/mol. The van der Waals surface area contributed by atoms with Crippen LogP contribution in [0.25, 0.3) is 0 Å². The number of rotatable bonds is 4. The summed E-state index contributed by atoms with van der Waals surface area (Å²) >= 11 is 0. The summed E-state index contributed by atoms with van der Waals surface area (Å²) in [6, 6.07) is 10.6. The van der Waals surface area contributed by atoms with Gasteiger partial charge in [-0.1, -0.05) is 12.1 Å². The predicted molar refractivity (Wildman–Crippen MR) is 75.2 cm³/mol. The molecule has 0 aliphatic carbocycles. The molecule has 0 aromatic heterocycles. The van der Waals surface area contributed by atoms with E-state index in [2.05, 4.69) is 5.32 Å². The molecule has 3 heteroatoms. The lowest BCUT2D eigenvalue weighted by atomic mass is 10.1. The SMILES string of the molecule is CNCc1ccc(Oc2cc(C)ccc2F)cc1C. The van der Waals surface area contributed by atoms with Crippen LogP contribution in [0.3, 0.4) is 0 Å².